The second kappa shape index (κ2) is 11.5. The van der Waals surface area contributed by atoms with Gasteiger partial charge in [-0.25, -0.2) is 0 Å². The van der Waals surface area contributed by atoms with Crippen molar-refractivity contribution >= 4 is 92.4 Å². The van der Waals surface area contributed by atoms with E-state index >= 15 is 0 Å². The van der Waals surface area contributed by atoms with Crippen LogP contribution in [0.15, 0.2) is 185 Å². The maximum Gasteiger partial charge on any atom is 0.143 e. The molecule has 0 saturated carbocycles. The molecule has 52 heavy (non-hydrogen) atoms. The molecule has 0 fully saturated rings. The summed E-state index contributed by atoms with van der Waals surface area (Å²) >= 11 is 1.85. The van der Waals surface area contributed by atoms with E-state index in [0.717, 1.165) is 72.1 Å². The van der Waals surface area contributed by atoms with E-state index in [4.69, 9.17) is 8.83 Å². The van der Waals surface area contributed by atoms with Crippen molar-refractivity contribution in [1.82, 2.24) is 0 Å². The molecule has 11 rings (SSSR count). The summed E-state index contributed by atoms with van der Waals surface area (Å²) in [5.74, 6) is 0. The summed E-state index contributed by atoms with van der Waals surface area (Å²) < 4.78 is 15.5. The molecule has 0 radical (unpaired) electrons. The number of rotatable bonds is 5. The van der Waals surface area contributed by atoms with Crippen LogP contribution in [0.1, 0.15) is 0 Å². The molecule has 0 atom stereocenters. The van der Waals surface area contributed by atoms with Crippen LogP contribution in [0.2, 0.25) is 0 Å². The molecule has 4 heteroatoms. The smallest absolute Gasteiger partial charge is 0.143 e. The van der Waals surface area contributed by atoms with Gasteiger partial charge in [0.2, 0.25) is 0 Å². The topological polar surface area (TPSA) is 29.5 Å². The van der Waals surface area contributed by atoms with E-state index in [1.54, 1.807) is 0 Å². The Morgan fingerprint density at radius 3 is 1.85 bits per heavy atom. The average Bonchev–Trinajstić information content (AvgIpc) is 3.89. The van der Waals surface area contributed by atoms with Crippen molar-refractivity contribution < 1.29 is 8.83 Å². The third-order valence-corrected chi connectivity index (χ3v) is 11.4. The van der Waals surface area contributed by atoms with Crippen LogP contribution in [0.25, 0.3) is 86.3 Å². The number of furan rings is 2. The van der Waals surface area contributed by atoms with Crippen LogP contribution in [0.4, 0.5) is 17.1 Å². The fourth-order valence-corrected chi connectivity index (χ4v) is 9.03. The van der Waals surface area contributed by atoms with Crippen molar-refractivity contribution in [3.8, 4) is 22.3 Å². The molecule has 0 aliphatic carbocycles. The van der Waals surface area contributed by atoms with Crippen LogP contribution in [0.5, 0.6) is 0 Å². The summed E-state index contributed by atoms with van der Waals surface area (Å²) in [5, 5.41) is 7.10. The lowest BCUT2D eigenvalue weighted by Gasteiger charge is -2.26. The van der Waals surface area contributed by atoms with Gasteiger partial charge in [0, 0.05) is 70.4 Å². The molecule has 0 unspecified atom stereocenters. The summed E-state index contributed by atoms with van der Waals surface area (Å²) in [5.41, 5.74) is 11.3. The summed E-state index contributed by atoms with van der Waals surface area (Å²) in [4.78, 5) is 2.32. The molecule has 11 aromatic rings. The maximum atomic E-state index is 6.47. The molecular weight excluding hydrogens is 655 g/mol. The summed E-state index contributed by atoms with van der Waals surface area (Å²) in [6.45, 7) is 0. The zero-order valence-electron chi connectivity index (χ0n) is 27.9. The molecular formula is C48H29NO2S. The standard InChI is InChI=1S/C48H29NO2S/c1-4-18-42-37(12-1)39-27-26-34(29-44(39)50-42)49(32-24-22-30(23-25-32)35-15-9-21-46-47(35)41-14-3-6-20-45(41)52-46)33-11-7-10-31(28-33)36-16-8-17-40-38-13-2-5-19-43(38)51-48(36)40/h1-29H. The number of fused-ring (bicyclic) bond motifs is 9. The molecule has 0 amide bonds. The van der Waals surface area contributed by atoms with Gasteiger partial charge in [-0.1, -0.05) is 109 Å². The molecule has 0 spiro atoms. The Hall–Kier alpha value is -6.62. The quantitative estimate of drug-likeness (QED) is 0.181. The Morgan fingerprint density at radius 2 is 0.981 bits per heavy atom. The predicted molar refractivity (Wildman–Crippen MR) is 219 cm³/mol. The molecule has 8 aromatic carbocycles. The Labute approximate surface area is 303 Å². The first-order chi connectivity index (χ1) is 25.8. The number of nitrogens with zero attached hydrogens (tertiary/aromatic N) is 1. The fourth-order valence-electron chi connectivity index (χ4n) is 7.89. The van der Waals surface area contributed by atoms with E-state index in [0.29, 0.717) is 0 Å². The van der Waals surface area contributed by atoms with E-state index in [2.05, 4.69) is 157 Å². The second-order valence-electron chi connectivity index (χ2n) is 13.3. The first-order valence-corrected chi connectivity index (χ1v) is 18.3. The lowest BCUT2D eigenvalue weighted by molar-refractivity contribution is 0.669. The van der Waals surface area contributed by atoms with Crippen molar-refractivity contribution in [2.75, 3.05) is 4.90 Å². The van der Waals surface area contributed by atoms with Crippen molar-refractivity contribution in [1.29, 1.82) is 0 Å². The van der Waals surface area contributed by atoms with Gasteiger partial charge in [-0.05, 0) is 77.4 Å². The maximum absolute atomic E-state index is 6.47. The Morgan fingerprint density at radius 1 is 0.365 bits per heavy atom. The van der Waals surface area contributed by atoms with Gasteiger partial charge in [0.25, 0.3) is 0 Å². The molecule has 0 saturated heterocycles. The van der Waals surface area contributed by atoms with Crippen molar-refractivity contribution in [3.05, 3.63) is 176 Å². The molecule has 0 aliphatic rings. The Balaban J connectivity index is 1.08. The first kappa shape index (κ1) is 29.1. The molecule has 3 nitrogen and oxygen atoms in total. The zero-order valence-corrected chi connectivity index (χ0v) is 28.7. The van der Waals surface area contributed by atoms with Gasteiger partial charge in [0.15, 0.2) is 0 Å². The summed E-state index contributed by atoms with van der Waals surface area (Å²) in [7, 11) is 0. The SMILES string of the molecule is c1cc(-c2cccc3c2oc2ccccc23)cc(N(c2ccc(-c3cccc4sc5ccccc5c34)cc2)c2ccc3c(c2)oc2ccccc23)c1. The Kier molecular flexibility index (Phi) is 6.42. The Bertz CT molecular complexity index is 3150. The van der Waals surface area contributed by atoms with Gasteiger partial charge in [-0.15, -0.1) is 11.3 Å². The highest BCUT2D eigenvalue weighted by Gasteiger charge is 2.19. The lowest BCUT2D eigenvalue weighted by atomic mass is 9.99. The normalized spacial score (nSPS) is 11.8. The average molecular weight is 684 g/mol. The van der Waals surface area contributed by atoms with Gasteiger partial charge < -0.3 is 13.7 Å². The molecule has 3 heterocycles. The molecule has 244 valence electrons. The van der Waals surface area contributed by atoms with E-state index in [-0.39, 0.29) is 0 Å². The number of anilines is 3. The predicted octanol–water partition coefficient (Wildman–Crippen LogP) is 14.7. The van der Waals surface area contributed by atoms with Gasteiger partial charge in [-0.2, -0.15) is 0 Å². The highest BCUT2D eigenvalue weighted by atomic mass is 32.1. The highest BCUT2D eigenvalue weighted by molar-refractivity contribution is 7.25. The van der Waals surface area contributed by atoms with Crippen LogP contribution in [0, 0.1) is 0 Å². The number of hydrogen-bond acceptors (Lipinski definition) is 4. The fraction of sp³-hybridized carbons (Fsp3) is 0. The van der Waals surface area contributed by atoms with Gasteiger partial charge in [0.1, 0.15) is 22.3 Å². The van der Waals surface area contributed by atoms with Crippen LogP contribution < -0.4 is 4.90 Å². The van der Waals surface area contributed by atoms with Crippen LogP contribution in [-0.4, -0.2) is 0 Å². The lowest BCUT2D eigenvalue weighted by Crippen LogP contribution is -2.10. The molecule has 0 bridgehead atoms. The first-order valence-electron chi connectivity index (χ1n) is 17.5. The zero-order chi connectivity index (χ0) is 34.2. The van der Waals surface area contributed by atoms with E-state index in [9.17, 15) is 0 Å². The van der Waals surface area contributed by atoms with Gasteiger partial charge in [-0.3, -0.25) is 0 Å². The van der Waals surface area contributed by atoms with Crippen molar-refractivity contribution in [3.63, 3.8) is 0 Å². The number of benzene rings is 8. The third-order valence-electron chi connectivity index (χ3n) is 10.3. The summed E-state index contributed by atoms with van der Waals surface area (Å²) in [6, 6.07) is 62.5. The van der Waals surface area contributed by atoms with E-state index in [1.165, 1.54) is 31.3 Å². The largest absolute Gasteiger partial charge is 0.456 e. The highest BCUT2D eigenvalue weighted by Crippen LogP contribution is 2.44. The van der Waals surface area contributed by atoms with Crippen molar-refractivity contribution in [2.24, 2.45) is 0 Å². The number of thiophene rings is 1. The molecule has 0 aliphatic heterocycles. The van der Waals surface area contributed by atoms with Gasteiger partial charge >= 0.3 is 0 Å². The number of para-hydroxylation sites is 3. The minimum Gasteiger partial charge on any atom is -0.456 e. The van der Waals surface area contributed by atoms with E-state index in [1.807, 2.05) is 35.6 Å². The second-order valence-corrected chi connectivity index (χ2v) is 14.4. The van der Waals surface area contributed by atoms with Gasteiger partial charge in [0.05, 0.1) is 0 Å². The van der Waals surface area contributed by atoms with Crippen LogP contribution in [-0.2, 0) is 0 Å². The number of hydrogen-bond donors (Lipinski definition) is 0. The van der Waals surface area contributed by atoms with Crippen LogP contribution in [0.3, 0.4) is 0 Å². The third kappa shape index (κ3) is 4.51. The minimum atomic E-state index is 0.861. The molecule has 0 N–H and O–H groups in total. The molecule has 3 aromatic heterocycles. The summed E-state index contributed by atoms with van der Waals surface area (Å²) in [6.07, 6.45) is 0. The van der Waals surface area contributed by atoms with Crippen molar-refractivity contribution in [2.45, 2.75) is 0 Å². The van der Waals surface area contributed by atoms with E-state index < -0.39 is 0 Å². The minimum absolute atomic E-state index is 0.861. The van der Waals surface area contributed by atoms with Crippen LogP contribution >= 0.6 is 11.3 Å². The monoisotopic (exact) mass is 683 g/mol.